The minimum atomic E-state index is -0.277. The lowest BCUT2D eigenvalue weighted by atomic mass is 10.2. The lowest BCUT2D eigenvalue weighted by Crippen LogP contribution is -2.29. The molecule has 0 atom stereocenters. The van der Waals surface area contributed by atoms with Crippen LogP contribution in [0.3, 0.4) is 0 Å². The average Bonchev–Trinajstić information content (AvgIpc) is 2.58. The quantitative estimate of drug-likeness (QED) is 0.852. The first-order chi connectivity index (χ1) is 11.1. The third kappa shape index (κ3) is 5.18. The number of pyridine rings is 2. The predicted molar refractivity (Wildman–Crippen MR) is 86.8 cm³/mol. The molecule has 0 saturated carbocycles. The first-order valence-corrected chi connectivity index (χ1v) is 7.47. The lowest BCUT2D eigenvalue weighted by molar-refractivity contribution is 0.0944. The SMILES string of the molecule is CC(C)CNC(=O)c1cc(C(=O)NCc2cccnc2)ccn1. The second-order valence-electron chi connectivity index (χ2n) is 5.58. The zero-order chi connectivity index (χ0) is 16.7. The molecule has 0 bridgehead atoms. The van der Waals surface area contributed by atoms with Gasteiger partial charge in [0.2, 0.25) is 0 Å². The summed E-state index contributed by atoms with van der Waals surface area (Å²) in [5, 5.41) is 5.57. The van der Waals surface area contributed by atoms with Crippen molar-refractivity contribution < 1.29 is 9.59 Å². The van der Waals surface area contributed by atoms with Crippen LogP contribution in [0.15, 0.2) is 42.9 Å². The molecule has 6 heteroatoms. The van der Waals surface area contributed by atoms with Crippen LogP contribution >= 0.6 is 0 Å². The molecule has 0 aromatic carbocycles. The highest BCUT2D eigenvalue weighted by atomic mass is 16.2. The Bertz CT molecular complexity index is 671. The van der Waals surface area contributed by atoms with Crippen molar-refractivity contribution in [1.82, 2.24) is 20.6 Å². The van der Waals surface area contributed by atoms with Crippen molar-refractivity contribution in [3.8, 4) is 0 Å². The molecule has 0 fully saturated rings. The lowest BCUT2D eigenvalue weighted by Gasteiger charge is -2.08. The Morgan fingerprint density at radius 1 is 1.13 bits per heavy atom. The first kappa shape index (κ1) is 16.6. The molecule has 0 aliphatic rings. The van der Waals surface area contributed by atoms with Crippen molar-refractivity contribution in [2.75, 3.05) is 6.54 Å². The van der Waals surface area contributed by atoms with Crippen LogP contribution in [0.4, 0.5) is 0 Å². The van der Waals surface area contributed by atoms with E-state index in [2.05, 4.69) is 20.6 Å². The van der Waals surface area contributed by atoms with Gasteiger partial charge in [0.15, 0.2) is 0 Å². The van der Waals surface area contributed by atoms with E-state index in [4.69, 9.17) is 0 Å². The van der Waals surface area contributed by atoms with Crippen LogP contribution in [0.5, 0.6) is 0 Å². The number of hydrogen-bond donors (Lipinski definition) is 2. The number of carbonyl (C=O) groups excluding carboxylic acids is 2. The number of nitrogens with one attached hydrogen (secondary N) is 2. The minimum absolute atomic E-state index is 0.236. The molecule has 23 heavy (non-hydrogen) atoms. The molecule has 2 rings (SSSR count). The van der Waals surface area contributed by atoms with Crippen LogP contribution in [0.2, 0.25) is 0 Å². The van der Waals surface area contributed by atoms with Gasteiger partial charge in [0.1, 0.15) is 5.69 Å². The molecule has 0 spiro atoms. The van der Waals surface area contributed by atoms with Gasteiger partial charge in [-0.2, -0.15) is 0 Å². The number of amides is 2. The van der Waals surface area contributed by atoms with Gasteiger partial charge in [-0.3, -0.25) is 19.6 Å². The Labute approximate surface area is 135 Å². The molecule has 2 aromatic heterocycles. The molecule has 120 valence electrons. The summed E-state index contributed by atoms with van der Waals surface area (Å²) in [7, 11) is 0. The number of carbonyl (C=O) groups is 2. The van der Waals surface area contributed by atoms with Crippen LogP contribution in [-0.4, -0.2) is 28.3 Å². The van der Waals surface area contributed by atoms with E-state index in [1.807, 2.05) is 26.0 Å². The van der Waals surface area contributed by atoms with Gasteiger partial charge in [0, 0.05) is 37.2 Å². The van der Waals surface area contributed by atoms with E-state index in [0.717, 1.165) is 5.56 Å². The molecule has 2 amide bonds. The summed E-state index contributed by atoms with van der Waals surface area (Å²) in [6, 6.07) is 6.77. The Kier molecular flexibility index (Phi) is 5.80. The van der Waals surface area contributed by atoms with Crippen molar-refractivity contribution in [3.05, 3.63) is 59.7 Å². The molecule has 0 unspecified atom stereocenters. The standard InChI is InChI=1S/C17H20N4O2/c1-12(2)9-20-17(23)15-8-14(5-7-19-15)16(22)21-11-13-4-3-6-18-10-13/h3-8,10,12H,9,11H2,1-2H3,(H,20,23)(H,21,22). The van der Waals surface area contributed by atoms with Crippen molar-refractivity contribution in [2.45, 2.75) is 20.4 Å². The van der Waals surface area contributed by atoms with Gasteiger partial charge >= 0.3 is 0 Å². The molecular formula is C17H20N4O2. The fourth-order valence-corrected chi connectivity index (χ4v) is 1.87. The van der Waals surface area contributed by atoms with Gasteiger partial charge in [0.05, 0.1) is 0 Å². The number of rotatable bonds is 6. The van der Waals surface area contributed by atoms with E-state index in [-0.39, 0.29) is 17.5 Å². The van der Waals surface area contributed by atoms with E-state index >= 15 is 0 Å². The molecule has 2 aromatic rings. The largest absolute Gasteiger partial charge is 0.350 e. The van der Waals surface area contributed by atoms with Crippen LogP contribution in [0.1, 0.15) is 40.3 Å². The molecule has 0 radical (unpaired) electrons. The summed E-state index contributed by atoms with van der Waals surface area (Å²) in [6.45, 7) is 4.97. The van der Waals surface area contributed by atoms with Crippen LogP contribution in [0.25, 0.3) is 0 Å². The van der Waals surface area contributed by atoms with Crippen molar-refractivity contribution in [1.29, 1.82) is 0 Å². The third-order valence-electron chi connectivity index (χ3n) is 3.10. The fraction of sp³-hybridized carbons (Fsp3) is 0.294. The smallest absolute Gasteiger partial charge is 0.269 e. The van der Waals surface area contributed by atoms with Gasteiger partial charge in [-0.25, -0.2) is 0 Å². The molecular weight excluding hydrogens is 292 g/mol. The zero-order valence-electron chi connectivity index (χ0n) is 13.2. The van der Waals surface area contributed by atoms with Gasteiger partial charge in [0.25, 0.3) is 11.8 Å². The maximum Gasteiger partial charge on any atom is 0.269 e. The maximum atomic E-state index is 12.2. The number of nitrogens with zero attached hydrogens (tertiary/aromatic N) is 2. The van der Waals surface area contributed by atoms with Crippen LogP contribution in [0, 0.1) is 5.92 Å². The van der Waals surface area contributed by atoms with E-state index < -0.39 is 0 Å². The van der Waals surface area contributed by atoms with Gasteiger partial charge in [-0.05, 0) is 29.7 Å². The average molecular weight is 312 g/mol. The predicted octanol–water partition coefficient (Wildman–Crippen LogP) is 1.79. The van der Waals surface area contributed by atoms with E-state index in [1.165, 1.54) is 12.3 Å². The maximum absolute atomic E-state index is 12.2. The van der Waals surface area contributed by atoms with Crippen molar-refractivity contribution >= 4 is 11.8 Å². The Morgan fingerprint density at radius 3 is 2.65 bits per heavy atom. The molecule has 6 nitrogen and oxygen atoms in total. The zero-order valence-corrected chi connectivity index (χ0v) is 13.2. The van der Waals surface area contributed by atoms with Crippen LogP contribution < -0.4 is 10.6 Å². The highest BCUT2D eigenvalue weighted by Crippen LogP contribution is 2.04. The molecule has 2 N–H and O–H groups in total. The Hall–Kier alpha value is -2.76. The highest BCUT2D eigenvalue weighted by molar-refractivity contribution is 5.98. The summed E-state index contributed by atoms with van der Waals surface area (Å²) >= 11 is 0. The summed E-state index contributed by atoms with van der Waals surface area (Å²) < 4.78 is 0. The Balaban J connectivity index is 1.98. The summed E-state index contributed by atoms with van der Waals surface area (Å²) in [6.07, 6.45) is 4.83. The molecule has 0 aliphatic carbocycles. The Morgan fingerprint density at radius 2 is 1.96 bits per heavy atom. The molecule has 0 saturated heterocycles. The monoisotopic (exact) mass is 312 g/mol. The third-order valence-corrected chi connectivity index (χ3v) is 3.10. The fourth-order valence-electron chi connectivity index (χ4n) is 1.87. The number of hydrogen-bond acceptors (Lipinski definition) is 4. The van der Waals surface area contributed by atoms with Gasteiger partial charge < -0.3 is 10.6 Å². The van der Waals surface area contributed by atoms with Crippen molar-refractivity contribution in [2.24, 2.45) is 5.92 Å². The second-order valence-corrected chi connectivity index (χ2v) is 5.58. The normalized spacial score (nSPS) is 10.4. The second kappa shape index (κ2) is 8.03. The summed E-state index contributed by atoms with van der Waals surface area (Å²) in [5.74, 6) is -0.181. The highest BCUT2D eigenvalue weighted by Gasteiger charge is 2.12. The van der Waals surface area contributed by atoms with Crippen molar-refractivity contribution in [3.63, 3.8) is 0 Å². The molecule has 0 aliphatic heterocycles. The summed E-state index contributed by atoms with van der Waals surface area (Å²) in [4.78, 5) is 32.2. The van der Waals surface area contributed by atoms with Crippen LogP contribution in [-0.2, 0) is 6.54 Å². The first-order valence-electron chi connectivity index (χ1n) is 7.47. The van der Waals surface area contributed by atoms with E-state index in [9.17, 15) is 9.59 Å². The molecule has 2 heterocycles. The number of aromatic nitrogens is 2. The van der Waals surface area contributed by atoms with Gasteiger partial charge in [-0.1, -0.05) is 19.9 Å². The topological polar surface area (TPSA) is 84.0 Å². The summed E-state index contributed by atoms with van der Waals surface area (Å²) in [5.41, 5.74) is 1.54. The van der Waals surface area contributed by atoms with E-state index in [1.54, 1.807) is 18.5 Å². The minimum Gasteiger partial charge on any atom is -0.350 e. The van der Waals surface area contributed by atoms with Gasteiger partial charge in [-0.15, -0.1) is 0 Å². The van der Waals surface area contributed by atoms with E-state index in [0.29, 0.717) is 24.6 Å².